The van der Waals surface area contributed by atoms with Crippen LogP contribution in [0.1, 0.15) is 47.7 Å². The van der Waals surface area contributed by atoms with Crippen molar-refractivity contribution in [1.82, 2.24) is 15.6 Å². The highest BCUT2D eigenvalue weighted by atomic mass is 16.5. The number of ether oxygens (including phenoxy) is 1. The van der Waals surface area contributed by atoms with Gasteiger partial charge in [0.1, 0.15) is 17.5 Å². The van der Waals surface area contributed by atoms with Gasteiger partial charge in [-0.05, 0) is 61.4 Å². The van der Waals surface area contributed by atoms with Gasteiger partial charge in [-0.3, -0.25) is 14.6 Å². The first kappa shape index (κ1) is 17.7. The highest BCUT2D eigenvalue weighted by Gasteiger charge is 2.24. The zero-order chi connectivity index (χ0) is 18.8. The number of fused-ring (bicyclic) bond motifs is 1. The van der Waals surface area contributed by atoms with E-state index in [1.54, 1.807) is 12.3 Å². The maximum absolute atomic E-state index is 11.9. The van der Waals surface area contributed by atoms with Crippen LogP contribution in [-0.4, -0.2) is 42.5 Å². The van der Waals surface area contributed by atoms with E-state index in [0.717, 1.165) is 54.4 Å². The Hall–Kier alpha value is -2.67. The van der Waals surface area contributed by atoms with Gasteiger partial charge >= 0.3 is 0 Å². The molecule has 2 aliphatic rings. The highest BCUT2D eigenvalue weighted by molar-refractivity contribution is 5.98. The van der Waals surface area contributed by atoms with Gasteiger partial charge in [0.15, 0.2) is 0 Å². The SMILES string of the molecule is NC(=O)c1cc2c(C3CCNC(=O)C3)ccc(OC3CCNCC3)c2cn1. The molecule has 2 fully saturated rings. The molecule has 1 aromatic carbocycles. The van der Waals surface area contributed by atoms with E-state index in [-0.39, 0.29) is 23.6 Å². The van der Waals surface area contributed by atoms with Crippen LogP contribution in [0.3, 0.4) is 0 Å². The van der Waals surface area contributed by atoms with Crippen molar-refractivity contribution in [2.75, 3.05) is 19.6 Å². The number of hydrogen-bond donors (Lipinski definition) is 3. The third-order valence-corrected chi connectivity index (χ3v) is 5.41. The van der Waals surface area contributed by atoms with Crippen molar-refractivity contribution < 1.29 is 14.3 Å². The number of primary amides is 1. The maximum Gasteiger partial charge on any atom is 0.267 e. The van der Waals surface area contributed by atoms with Crippen LogP contribution in [0.5, 0.6) is 5.75 Å². The van der Waals surface area contributed by atoms with E-state index in [1.807, 2.05) is 12.1 Å². The zero-order valence-electron chi connectivity index (χ0n) is 15.2. The number of piperidine rings is 2. The van der Waals surface area contributed by atoms with E-state index in [2.05, 4.69) is 15.6 Å². The molecular weight excluding hydrogens is 344 g/mol. The molecular formula is C20H24N4O3. The summed E-state index contributed by atoms with van der Waals surface area (Å²) in [7, 11) is 0. The van der Waals surface area contributed by atoms with Crippen molar-refractivity contribution in [3.8, 4) is 5.75 Å². The normalized spacial score (nSPS) is 21.0. The smallest absolute Gasteiger partial charge is 0.267 e. The number of aromatic nitrogens is 1. The number of pyridine rings is 1. The Bertz CT molecular complexity index is 877. The summed E-state index contributed by atoms with van der Waals surface area (Å²) in [6, 6.07) is 5.72. The van der Waals surface area contributed by atoms with Gasteiger partial charge in [-0.25, -0.2) is 0 Å². The Labute approximate surface area is 157 Å². The van der Waals surface area contributed by atoms with Crippen LogP contribution in [0.15, 0.2) is 24.4 Å². The Morgan fingerprint density at radius 3 is 2.70 bits per heavy atom. The fourth-order valence-electron chi connectivity index (χ4n) is 3.97. The third-order valence-electron chi connectivity index (χ3n) is 5.41. The fraction of sp³-hybridized carbons (Fsp3) is 0.450. The highest BCUT2D eigenvalue weighted by Crippen LogP contribution is 2.36. The van der Waals surface area contributed by atoms with Crippen molar-refractivity contribution in [2.45, 2.75) is 37.7 Å². The summed E-state index contributed by atoms with van der Waals surface area (Å²) in [4.78, 5) is 27.7. The number of amides is 2. The summed E-state index contributed by atoms with van der Waals surface area (Å²) in [5.41, 5.74) is 6.71. The quantitative estimate of drug-likeness (QED) is 0.757. The van der Waals surface area contributed by atoms with E-state index in [4.69, 9.17) is 10.5 Å². The van der Waals surface area contributed by atoms with Crippen molar-refractivity contribution in [3.05, 3.63) is 35.7 Å². The van der Waals surface area contributed by atoms with Gasteiger partial charge in [0.05, 0.1) is 0 Å². The van der Waals surface area contributed by atoms with Gasteiger partial charge in [-0.2, -0.15) is 0 Å². The molecule has 7 heteroatoms. The number of nitrogens with one attached hydrogen (secondary N) is 2. The zero-order valence-corrected chi connectivity index (χ0v) is 15.2. The summed E-state index contributed by atoms with van der Waals surface area (Å²) in [6.07, 6.45) is 5.05. The summed E-state index contributed by atoms with van der Waals surface area (Å²) in [6.45, 7) is 2.55. The summed E-state index contributed by atoms with van der Waals surface area (Å²) in [5, 5.41) is 7.96. The van der Waals surface area contributed by atoms with E-state index < -0.39 is 5.91 Å². The maximum atomic E-state index is 11.9. The van der Waals surface area contributed by atoms with Crippen molar-refractivity contribution in [2.24, 2.45) is 5.73 Å². The molecule has 1 unspecified atom stereocenters. The molecule has 2 aliphatic heterocycles. The first-order valence-electron chi connectivity index (χ1n) is 9.48. The second-order valence-corrected chi connectivity index (χ2v) is 7.24. The number of carbonyl (C=O) groups excluding carboxylic acids is 2. The first-order valence-corrected chi connectivity index (χ1v) is 9.48. The molecule has 1 aromatic heterocycles. The van der Waals surface area contributed by atoms with Crippen molar-refractivity contribution in [3.63, 3.8) is 0 Å². The third kappa shape index (κ3) is 3.73. The Morgan fingerprint density at radius 1 is 1.15 bits per heavy atom. The fourth-order valence-corrected chi connectivity index (χ4v) is 3.97. The van der Waals surface area contributed by atoms with E-state index >= 15 is 0 Å². The van der Waals surface area contributed by atoms with Gasteiger partial charge in [-0.15, -0.1) is 0 Å². The number of benzene rings is 1. The molecule has 4 N–H and O–H groups in total. The van der Waals surface area contributed by atoms with Crippen LogP contribution in [0.4, 0.5) is 0 Å². The molecule has 3 heterocycles. The van der Waals surface area contributed by atoms with Gasteiger partial charge in [0.2, 0.25) is 5.91 Å². The predicted octanol–water partition coefficient (Wildman–Crippen LogP) is 1.46. The molecule has 0 saturated carbocycles. The minimum atomic E-state index is -0.561. The summed E-state index contributed by atoms with van der Waals surface area (Å²) in [5.74, 6) is 0.370. The lowest BCUT2D eigenvalue weighted by Crippen LogP contribution is -2.34. The van der Waals surface area contributed by atoms with Crippen molar-refractivity contribution >= 4 is 22.6 Å². The molecule has 2 amide bonds. The minimum absolute atomic E-state index is 0.0543. The van der Waals surface area contributed by atoms with Crippen LogP contribution in [0.25, 0.3) is 10.8 Å². The number of nitrogens with two attached hydrogens (primary N) is 1. The van der Waals surface area contributed by atoms with Crippen LogP contribution >= 0.6 is 0 Å². The second kappa shape index (κ2) is 7.52. The lowest BCUT2D eigenvalue weighted by molar-refractivity contribution is -0.122. The van der Waals surface area contributed by atoms with Gasteiger partial charge in [0, 0.05) is 24.5 Å². The molecule has 27 heavy (non-hydrogen) atoms. The Kier molecular flexibility index (Phi) is 4.94. The molecule has 0 radical (unpaired) electrons. The molecule has 7 nitrogen and oxygen atoms in total. The van der Waals surface area contributed by atoms with E-state index in [0.29, 0.717) is 13.0 Å². The molecule has 4 rings (SSSR count). The molecule has 0 spiro atoms. The molecule has 2 saturated heterocycles. The van der Waals surface area contributed by atoms with Gasteiger partial charge in [-0.1, -0.05) is 6.07 Å². The Balaban J connectivity index is 1.76. The van der Waals surface area contributed by atoms with Crippen LogP contribution in [0, 0.1) is 0 Å². The molecule has 142 valence electrons. The van der Waals surface area contributed by atoms with Crippen LogP contribution < -0.4 is 21.1 Å². The predicted molar refractivity (Wildman–Crippen MR) is 102 cm³/mol. The first-order chi connectivity index (χ1) is 13.1. The molecule has 0 bridgehead atoms. The average Bonchev–Trinajstić information content (AvgIpc) is 2.68. The lowest BCUT2D eigenvalue weighted by atomic mass is 9.86. The van der Waals surface area contributed by atoms with Gasteiger partial charge in [0.25, 0.3) is 5.91 Å². The topological polar surface area (TPSA) is 106 Å². The van der Waals surface area contributed by atoms with Crippen molar-refractivity contribution in [1.29, 1.82) is 0 Å². The van der Waals surface area contributed by atoms with E-state index in [1.165, 1.54) is 0 Å². The largest absolute Gasteiger partial charge is 0.490 e. The number of nitrogens with zero attached hydrogens (tertiary/aromatic N) is 1. The second-order valence-electron chi connectivity index (χ2n) is 7.24. The van der Waals surface area contributed by atoms with Crippen LogP contribution in [-0.2, 0) is 4.79 Å². The molecule has 1 atom stereocenters. The number of hydrogen-bond acceptors (Lipinski definition) is 5. The van der Waals surface area contributed by atoms with E-state index in [9.17, 15) is 9.59 Å². The van der Waals surface area contributed by atoms with Gasteiger partial charge < -0.3 is 21.1 Å². The summed E-state index contributed by atoms with van der Waals surface area (Å²) >= 11 is 0. The van der Waals surface area contributed by atoms with Crippen LogP contribution in [0.2, 0.25) is 0 Å². The standard InChI is InChI=1S/C20H24N4O3/c21-20(26)17-10-15-14(12-3-8-23-19(25)9-12)1-2-18(16(15)11-24-17)27-13-4-6-22-7-5-13/h1-2,10-13,22H,3-9H2,(H2,21,26)(H,23,25). The molecule has 0 aliphatic carbocycles. The number of carbonyl (C=O) groups is 2. The summed E-state index contributed by atoms with van der Waals surface area (Å²) < 4.78 is 6.26. The Morgan fingerprint density at radius 2 is 1.96 bits per heavy atom. The average molecular weight is 368 g/mol. The number of rotatable bonds is 4. The minimum Gasteiger partial charge on any atom is -0.490 e. The molecule has 2 aromatic rings. The monoisotopic (exact) mass is 368 g/mol. The lowest BCUT2D eigenvalue weighted by Gasteiger charge is -2.27.